The fraction of sp³-hybridized carbons (Fsp3) is 1.00. The van der Waals surface area contributed by atoms with Gasteiger partial charge in [-0.1, -0.05) is 34.1 Å². The number of ether oxygens (including phenoxy) is 3. The highest BCUT2D eigenvalue weighted by Crippen LogP contribution is 2.27. The average molecular weight is 290 g/mol. The number of aliphatic hydroxyl groups is 1. The minimum Gasteiger partial charge on any atom is -0.396 e. The Balaban J connectivity index is 3.28. The zero-order valence-electron chi connectivity index (χ0n) is 13.8. The Labute approximate surface area is 124 Å². The van der Waals surface area contributed by atoms with Gasteiger partial charge >= 0.3 is 0 Å². The molecule has 0 aromatic rings. The molecule has 0 rings (SSSR count). The Morgan fingerprint density at radius 3 is 1.80 bits per heavy atom. The van der Waals surface area contributed by atoms with Crippen molar-refractivity contribution < 1.29 is 19.3 Å². The molecule has 0 bridgehead atoms. The molecule has 122 valence electrons. The lowest BCUT2D eigenvalue weighted by molar-refractivity contribution is 0.00591. The summed E-state index contributed by atoms with van der Waals surface area (Å²) in [5, 5.41) is 9.33. The predicted molar refractivity (Wildman–Crippen MR) is 82.0 cm³/mol. The van der Waals surface area contributed by atoms with Crippen molar-refractivity contribution in [3.63, 3.8) is 0 Å². The fourth-order valence-electron chi connectivity index (χ4n) is 1.81. The number of hydrogen-bond acceptors (Lipinski definition) is 4. The van der Waals surface area contributed by atoms with Crippen LogP contribution in [-0.2, 0) is 14.2 Å². The first-order valence-corrected chi connectivity index (χ1v) is 7.86. The molecule has 0 heterocycles. The van der Waals surface area contributed by atoms with E-state index in [0.29, 0.717) is 33.0 Å². The summed E-state index contributed by atoms with van der Waals surface area (Å²) in [6.07, 6.45) is 3.17. The van der Waals surface area contributed by atoms with Crippen LogP contribution in [0.3, 0.4) is 0 Å². The van der Waals surface area contributed by atoms with Crippen LogP contribution in [0.4, 0.5) is 0 Å². The van der Waals surface area contributed by atoms with E-state index in [0.717, 1.165) is 25.9 Å². The van der Waals surface area contributed by atoms with Gasteiger partial charge in [0.2, 0.25) is 0 Å². The van der Waals surface area contributed by atoms with Gasteiger partial charge in [-0.3, -0.25) is 0 Å². The number of aliphatic hydroxyl groups excluding tert-OH is 1. The van der Waals surface area contributed by atoms with Gasteiger partial charge in [-0.15, -0.1) is 0 Å². The molecule has 0 fully saturated rings. The standard InChI is InChI=1S/C16H34O4/c1-5-6-8-18-10-12-20-13-11-19-9-7-15(14-17)16(2,3)4/h15,17H,5-14H2,1-4H3. The van der Waals surface area contributed by atoms with Crippen molar-refractivity contribution in [1.29, 1.82) is 0 Å². The third-order valence-electron chi connectivity index (χ3n) is 3.44. The van der Waals surface area contributed by atoms with Gasteiger partial charge < -0.3 is 19.3 Å². The molecule has 20 heavy (non-hydrogen) atoms. The summed E-state index contributed by atoms with van der Waals surface area (Å²) in [4.78, 5) is 0. The highest BCUT2D eigenvalue weighted by molar-refractivity contribution is 4.72. The van der Waals surface area contributed by atoms with Gasteiger partial charge in [0.1, 0.15) is 0 Å². The maximum Gasteiger partial charge on any atom is 0.0701 e. The first kappa shape index (κ1) is 19.8. The van der Waals surface area contributed by atoms with Crippen LogP contribution >= 0.6 is 0 Å². The van der Waals surface area contributed by atoms with Crippen molar-refractivity contribution in [3.8, 4) is 0 Å². The number of unbranched alkanes of at least 4 members (excludes halogenated alkanes) is 1. The van der Waals surface area contributed by atoms with Crippen molar-refractivity contribution in [2.75, 3.05) is 46.2 Å². The van der Waals surface area contributed by atoms with Crippen LogP contribution in [0.2, 0.25) is 0 Å². The molecule has 0 saturated heterocycles. The third-order valence-corrected chi connectivity index (χ3v) is 3.44. The van der Waals surface area contributed by atoms with E-state index in [-0.39, 0.29) is 17.9 Å². The number of hydrogen-bond donors (Lipinski definition) is 1. The summed E-state index contributed by atoms with van der Waals surface area (Å²) < 4.78 is 16.3. The lowest BCUT2D eigenvalue weighted by atomic mass is 9.79. The van der Waals surface area contributed by atoms with Crippen LogP contribution in [0.15, 0.2) is 0 Å². The molecule has 1 N–H and O–H groups in total. The first-order chi connectivity index (χ1) is 9.52. The molecular formula is C16H34O4. The zero-order valence-corrected chi connectivity index (χ0v) is 13.8. The normalized spacial score (nSPS) is 13.7. The van der Waals surface area contributed by atoms with Crippen LogP contribution in [0.5, 0.6) is 0 Å². The van der Waals surface area contributed by atoms with Crippen molar-refractivity contribution in [2.45, 2.75) is 47.0 Å². The molecule has 1 unspecified atom stereocenters. The van der Waals surface area contributed by atoms with Crippen molar-refractivity contribution >= 4 is 0 Å². The lowest BCUT2D eigenvalue weighted by Crippen LogP contribution is -2.25. The minimum absolute atomic E-state index is 0.129. The summed E-state index contributed by atoms with van der Waals surface area (Å²) in [5.74, 6) is 0.287. The Hall–Kier alpha value is -0.160. The first-order valence-electron chi connectivity index (χ1n) is 7.86. The average Bonchev–Trinajstić information content (AvgIpc) is 2.38. The molecule has 4 nitrogen and oxygen atoms in total. The smallest absolute Gasteiger partial charge is 0.0701 e. The monoisotopic (exact) mass is 290 g/mol. The Bertz CT molecular complexity index is 201. The van der Waals surface area contributed by atoms with E-state index in [9.17, 15) is 5.11 Å². The fourth-order valence-corrected chi connectivity index (χ4v) is 1.81. The van der Waals surface area contributed by atoms with E-state index in [2.05, 4.69) is 27.7 Å². The van der Waals surface area contributed by atoms with Crippen LogP contribution < -0.4 is 0 Å². The van der Waals surface area contributed by atoms with Crippen LogP contribution in [-0.4, -0.2) is 51.4 Å². The largest absolute Gasteiger partial charge is 0.396 e. The van der Waals surface area contributed by atoms with Gasteiger partial charge in [0.15, 0.2) is 0 Å². The topological polar surface area (TPSA) is 47.9 Å². The van der Waals surface area contributed by atoms with E-state index in [4.69, 9.17) is 14.2 Å². The van der Waals surface area contributed by atoms with Gasteiger partial charge in [0.25, 0.3) is 0 Å². The molecule has 0 aromatic heterocycles. The van der Waals surface area contributed by atoms with Gasteiger partial charge in [-0.2, -0.15) is 0 Å². The molecule has 0 aromatic carbocycles. The minimum atomic E-state index is 0.129. The summed E-state index contributed by atoms with van der Waals surface area (Å²) >= 11 is 0. The molecule has 0 aliphatic rings. The van der Waals surface area contributed by atoms with E-state index in [1.807, 2.05) is 0 Å². The van der Waals surface area contributed by atoms with Gasteiger partial charge in [0.05, 0.1) is 26.4 Å². The van der Waals surface area contributed by atoms with Crippen LogP contribution in [0.1, 0.15) is 47.0 Å². The number of rotatable bonds is 13. The Kier molecular flexibility index (Phi) is 12.5. The lowest BCUT2D eigenvalue weighted by Gasteiger charge is -2.28. The molecule has 1 atom stereocenters. The van der Waals surface area contributed by atoms with Crippen molar-refractivity contribution in [1.82, 2.24) is 0 Å². The summed E-state index contributed by atoms with van der Waals surface area (Å²) in [6, 6.07) is 0. The van der Waals surface area contributed by atoms with E-state index >= 15 is 0 Å². The molecule has 0 radical (unpaired) electrons. The SMILES string of the molecule is CCCCOCCOCCOCCC(CO)C(C)(C)C. The second-order valence-electron chi connectivity index (χ2n) is 6.22. The molecular weight excluding hydrogens is 256 g/mol. The van der Waals surface area contributed by atoms with Crippen molar-refractivity contribution in [3.05, 3.63) is 0 Å². The summed E-state index contributed by atoms with van der Waals surface area (Å²) in [6.45, 7) is 12.8. The van der Waals surface area contributed by atoms with Gasteiger partial charge in [-0.05, 0) is 24.2 Å². The molecule has 0 amide bonds. The van der Waals surface area contributed by atoms with E-state index < -0.39 is 0 Å². The van der Waals surface area contributed by atoms with Crippen LogP contribution in [0.25, 0.3) is 0 Å². The van der Waals surface area contributed by atoms with Crippen LogP contribution in [0, 0.1) is 11.3 Å². The predicted octanol–water partition coefficient (Wildman–Crippen LogP) is 2.88. The maximum absolute atomic E-state index is 9.33. The summed E-state index contributed by atoms with van der Waals surface area (Å²) in [5.41, 5.74) is 0.129. The Morgan fingerprint density at radius 2 is 1.35 bits per heavy atom. The molecule has 0 aliphatic heterocycles. The molecule has 0 spiro atoms. The third kappa shape index (κ3) is 11.6. The highest BCUT2D eigenvalue weighted by atomic mass is 16.5. The molecule has 4 heteroatoms. The molecule has 0 aliphatic carbocycles. The highest BCUT2D eigenvalue weighted by Gasteiger charge is 2.23. The quantitative estimate of drug-likeness (QED) is 0.530. The summed E-state index contributed by atoms with van der Waals surface area (Å²) in [7, 11) is 0. The second kappa shape index (κ2) is 12.6. The van der Waals surface area contributed by atoms with Crippen molar-refractivity contribution in [2.24, 2.45) is 11.3 Å². The zero-order chi connectivity index (χ0) is 15.3. The van der Waals surface area contributed by atoms with Gasteiger partial charge in [0, 0.05) is 19.8 Å². The molecule has 0 saturated carbocycles. The second-order valence-corrected chi connectivity index (χ2v) is 6.22. The van der Waals surface area contributed by atoms with E-state index in [1.165, 1.54) is 0 Å². The van der Waals surface area contributed by atoms with E-state index in [1.54, 1.807) is 0 Å². The maximum atomic E-state index is 9.33. The Morgan fingerprint density at radius 1 is 0.850 bits per heavy atom. The van der Waals surface area contributed by atoms with Gasteiger partial charge in [-0.25, -0.2) is 0 Å².